The molecule has 1 aliphatic rings. The van der Waals surface area contributed by atoms with E-state index in [1.165, 1.54) is 0 Å². The van der Waals surface area contributed by atoms with Crippen LogP contribution in [0.2, 0.25) is 0 Å². The lowest BCUT2D eigenvalue weighted by molar-refractivity contribution is -0.147. The van der Waals surface area contributed by atoms with Crippen LogP contribution < -0.4 is 16.0 Å². The minimum atomic E-state index is -1.64. The number of carbonyl (C=O) groups is 4. The lowest BCUT2D eigenvalue weighted by atomic mass is 10.1. The number of rotatable bonds is 8. The molecule has 0 saturated carbocycles. The highest BCUT2D eigenvalue weighted by atomic mass is 16.4. The number of aliphatic hydroxyl groups is 1. The Bertz CT molecular complexity index is 448. The number of amides is 2. The summed E-state index contributed by atoms with van der Waals surface area (Å²) in [6.07, 6.45) is 0.605. The van der Waals surface area contributed by atoms with Crippen molar-refractivity contribution >= 4 is 23.8 Å². The number of aliphatic hydroxyl groups excluding tert-OH is 1. The van der Waals surface area contributed by atoms with Crippen LogP contribution in [0.15, 0.2) is 0 Å². The third kappa shape index (κ3) is 5.30. The van der Waals surface area contributed by atoms with Crippen LogP contribution in [0.5, 0.6) is 0 Å². The van der Waals surface area contributed by atoms with Gasteiger partial charge in [-0.15, -0.1) is 0 Å². The highest BCUT2D eigenvalue weighted by molar-refractivity contribution is 5.92. The second kappa shape index (κ2) is 8.29. The zero-order valence-electron chi connectivity index (χ0n) is 11.7. The molecule has 0 aromatic rings. The van der Waals surface area contributed by atoms with Gasteiger partial charge < -0.3 is 31.3 Å². The van der Waals surface area contributed by atoms with E-state index in [9.17, 15) is 19.2 Å². The minimum absolute atomic E-state index is 0.462. The van der Waals surface area contributed by atoms with Crippen LogP contribution in [-0.4, -0.2) is 70.3 Å². The van der Waals surface area contributed by atoms with E-state index in [1.807, 2.05) is 5.32 Å². The molecule has 1 rings (SSSR count). The molecule has 0 aromatic heterocycles. The SMILES string of the molecule is O=C(O)CC(NC(=O)C(CO)NC(=O)C1CCCN1)C(=O)O. The molecule has 3 unspecified atom stereocenters. The first-order valence-corrected chi connectivity index (χ1v) is 6.74. The number of carbonyl (C=O) groups excluding carboxylic acids is 2. The lowest BCUT2D eigenvalue weighted by Gasteiger charge is -2.20. The topological polar surface area (TPSA) is 165 Å². The van der Waals surface area contributed by atoms with Gasteiger partial charge in [0.15, 0.2) is 0 Å². The van der Waals surface area contributed by atoms with Crippen molar-refractivity contribution in [3.05, 3.63) is 0 Å². The molecule has 0 spiro atoms. The van der Waals surface area contributed by atoms with E-state index in [0.717, 1.165) is 6.42 Å². The molecule has 1 heterocycles. The zero-order valence-corrected chi connectivity index (χ0v) is 11.7. The van der Waals surface area contributed by atoms with Crippen LogP contribution in [0.4, 0.5) is 0 Å². The molecule has 0 radical (unpaired) electrons. The molecule has 1 aliphatic heterocycles. The van der Waals surface area contributed by atoms with Crippen molar-refractivity contribution in [2.24, 2.45) is 0 Å². The molecule has 1 fully saturated rings. The van der Waals surface area contributed by atoms with E-state index in [-0.39, 0.29) is 0 Å². The quantitative estimate of drug-likeness (QED) is 0.280. The summed E-state index contributed by atoms with van der Waals surface area (Å²) in [6.45, 7) is -0.0581. The van der Waals surface area contributed by atoms with Gasteiger partial charge in [0.2, 0.25) is 11.8 Å². The number of aliphatic carboxylic acids is 2. The van der Waals surface area contributed by atoms with E-state index >= 15 is 0 Å². The summed E-state index contributed by atoms with van der Waals surface area (Å²) in [4.78, 5) is 45.1. The van der Waals surface area contributed by atoms with Gasteiger partial charge in [-0.2, -0.15) is 0 Å². The average Bonchev–Trinajstić information content (AvgIpc) is 2.97. The Morgan fingerprint density at radius 3 is 2.27 bits per heavy atom. The Morgan fingerprint density at radius 2 is 1.82 bits per heavy atom. The van der Waals surface area contributed by atoms with Crippen LogP contribution in [-0.2, 0) is 19.2 Å². The fourth-order valence-corrected chi connectivity index (χ4v) is 2.02. The first kappa shape index (κ1) is 17.9. The molecule has 3 atom stereocenters. The van der Waals surface area contributed by atoms with Crippen LogP contribution in [0, 0.1) is 0 Å². The second-order valence-corrected chi connectivity index (χ2v) is 4.89. The van der Waals surface area contributed by atoms with Crippen molar-refractivity contribution in [3.8, 4) is 0 Å². The smallest absolute Gasteiger partial charge is 0.326 e. The number of nitrogens with one attached hydrogen (secondary N) is 3. The van der Waals surface area contributed by atoms with Crippen molar-refractivity contribution in [1.29, 1.82) is 0 Å². The van der Waals surface area contributed by atoms with Gasteiger partial charge in [-0.1, -0.05) is 0 Å². The highest BCUT2D eigenvalue weighted by Gasteiger charge is 2.30. The predicted molar refractivity (Wildman–Crippen MR) is 71.9 cm³/mol. The van der Waals surface area contributed by atoms with Crippen LogP contribution in [0.25, 0.3) is 0 Å². The van der Waals surface area contributed by atoms with Gasteiger partial charge in [-0.3, -0.25) is 14.4 Å². The van der Waals surface area contributed by atoms with Crippen molar-refractivity contribution in [2.45, 2.75) is 37.4 Å². The molecular weight excluding hydrogens is 298 g/mol. The Morgan fingerprint density at radius 1 is 1.14 bits per heavy atom. The molecule has 0 bridgehead atoms. The van der Waals surface area contributed by atoms with Gasteiger partial charge in [-0.05, 0) is 19.4 Å². The molecule has 124 valence electrons. The number of carboxylic acids is 2. The van der Waals surface area contributed by atoms with E-state index in [1.54, 1.807) is 0 Å². The third-order valence-corrected chi connectivity index (χ3v) is 3.19. The van der Waals surface area contributed by atoms with Crippen molar-refractivity contribution in [1.82, 2.24) is 16.0 Å². The van der Waals surface area contributed by atoms with Gasteiger partial charge in [0.25, 0.3) is 0 Å². The largest absolute Gasteiger partial charge is 0.481 e. The van der Waals surface area contributed by atoms with Crippen LogP contribution in [0.1, 0.15) is 19.3 Å². The summed E-state index contributed by atoms with van der Waals surface area (Å²) in [6, 6.07) is -3.44. The van der Waals surface area contributed by atoms with E-state index in [4.69, 9.17) is 15.3 Å². The maximum atomic E-state index is 11.9. The van der Waals surface area contributed by atoms with E-state index in [0.29, 0.717) is 13.0 Å². The number of hydrogen-bond acceptors (Lipinski definition) is 6. The van der Waals surface area contributed by atoms with Crippen molar-refractivity contribution in [3.63, 3.8) is 0 Å². The Hall–Kier alpha value is -2.20. The van der Waals surface area contributed by atoms with E-state index in [2.05, 4.69) is 10.6 Å². The Labute approximate surface area is 125 Å². The molecule has 2 amide bonds. The average molecular weight is 317 g/mol. The Kier molecular flexibility index (Phi) is 6.73. The molecule has 22 heavy (non-hydrogen) atoms. The maximum absolute atomic E-state index is 11.9. The van der Waals surface area contributed by atoms with Gasteiger partial charge >= 0.3 is 11.9 Å². The fourth-order valence-electron chi connectivity index (χ4n) is 2.02. The Balaban J connectivity index is 2.60. The van der Waals surface area contributed by atoms with Crippen LogP contribution in [0.3, 0.4) is 0 Å². The summed E-state index contributed by atoms with van der Waals surface area (Å²) in [5.41, 5.74) is 0. The molecule has 0 aliphatic carbocycles. The molecular formula is C12H19N3O7. The zero-order chi connectivity index (χ0) is 16.7. The van der Waals surface area contributed by atoms with Gasteiger partial charge in [-0.25, -0.2) is 4.79 Å². The van der Waals surface area contributed by atoms with Gasteiger partial charge in [0, 0.05) is 0 Å². The molecule has 10 heteroatoms. The molecule has 1 saturated heterocycles. The van der Waals surface area contributed by atoms with E-state index < -0.39 is 54.9 Å². The van der Waals surface area contributed by atoms with Crippen LogP contribution >= 0.6 is 0 Å². The van der Waals surface area contributed by atoms with Gasteiger partial charge in [0.05, 0.1) is 19.1 Å². The van der Waals surface area contributed by atoms with Gasteiger partial charge in [0.1, 0.15) is 12.1 Å². The monoisotopic (exact) mass is 317 g/mol. The molecule has 0 aromatic carbocycles. The minimum Gasteiger partial charge on any atom is -0.481 e. The third-order valence-electron chi connectivity index (χ3n) is 3.19. The summed E-state index contributed by atoms with van der Waals surface area (Å²) >= 11 is 0. The molecule has 10 nitrogen and oxygen atoms in total. The maximum Gasteiger partial charge on any atom is 0.326 e. The summed E-state index contributed by atoms with van der Waals surface area (Å²) in [5, 5.41) is 33.8. The van der Waals surface area contributed by atoms with Crippen molar-refractivity contribution in [2.75, 3.05) is 13.2 Å². The fraction of sp³-hybridized carbons (Fsp3) is 0.667. The summed E-state index contributed by atoms with van der Waals surface area (Å²) < 4.78 is 0. The van der Waals surface area contributed by atoms with Crippen molar-refractivity contribution < 1.29 is 34.5 Å². The highest BCUT2D eigenvalue weighted by Crippen LogP contribution is 2.05. The first-order chi connectivity index (χ1) is 10.3. The normalized spacial score (nSPS) is 20.0. The number of carboxylic acid groups (broad SMARTS) is 2. The standard InChI is InChI=1S/C12H19N3O7/c16-5-8(15-10(19)6-2-1-3-13-6)11(20)14-7(12(21)22)4-9(17)18/h6-8,13,16H,1-5H2,(H,14,20)(H,15,19)(H,17,18)(H,21,22). The molecule has 6 N–H and O–H groups in total. The lowest BCUT2D eigenvalue weighted by Crippen LogP contribution is -2.56. The first-order valence-electron chi connectivity index (χ1n) is 6.74. The summed E-state index contributed by atoms with van der Waals surface area (Å²) in [5.74, 6) is -4.34. The predicted octanol–water partition coefficient (Wildman–Crippen LogP) is -2.74. The number of hydrogen-bond donors (Lipinski definition) is 6. The second-order valence-electron chi connectivity index (χ2n) is 4.89. The summed E-state index contributed by atoms with van der Waals surface area (Å²) in [7, 11) is 0.